The molecule has 2 atom stereocenters. The molecule has 0 aromatic heterocycles. The van der Waals surface area contributed by atoms with E-state index in [4.69, 9.17) is 5.11 Å². The molecule has 1 amide bonds. The summed E-state index contributed by atoms with van der Waals surface area (Å²) in [6, 6.07) is 7.28. The van der Waals surface area contributed by atoms with Gasteiger partial charge in [0.05, 0.1) is 12.5 Å². The Hall–Kier alpha value is -1.88. The summed E-state index contributed by atoms with van der Waals surface area (Å²) in [6.45, 7) is 2.77. The van der Waals surface area contributed by atoms with Gasteiger partial charge in [0, 0.05) is 5.69 Å². The summed E-state index contributed by atoms with van der Waals surface area (Å²) >= 11 is 0. The smallest absolute Gasteiger partial charge is 0.303 e. The number of carboxylic acid groups (broad SMARTS) is 1. The summed E-state index contributed by atoms with van der Waals surface area (Å²) in [7, 11) is 0. The molecule has 0 bridgehead atoms. The Morgan fingerprint density at radius 3 is 2.65 bits per heavy atom. The number of carbonyl (C=O) groups is 2. The van der Waals surface area contributed by atoms with Crippen molar-refractivity contribution in [1.82, 2.24) is 5.32 Å². The molecule has 1 heterocycles. The Kier molecular flexibility index (Phi) is 4.74. The molecule has 1 aromatic rings. The van der Waals surface area contributed by atoms with Gasteiger partial charge in [-0.2, -0.15) is 0 Å². The van der Waals surface area contributed by atoms with Gasteiger partial charge in [-0.15, -0.1) is 0 Å². The first-order chi connectivity index (χ1) is 9.56. The first-order valence-electron chi connectivity index (χ1n) is 6.92. The molecule has 20 heavy (non-hydrogen) atoms. The van der Waals surface area contributed by atoms with Crippen LogP contribution < -0.4 is 10.6 Å². The van der Waals surface area contributed by atoms with Gasteiger partial charge in [-0.3, -0.25) is 9.59 Å². The molecule has 0 saturated carbocycles. The van der Waals surface area contributed by atoms with Crippen molar-refractivity contribution in [3.8, 4) is 0 Å². The highest BCUT2D eigenvalue weighted by Crippen LogP contribution is 2.21. The lowest BCUT2D eigenvalue weighted by molar-refractivity contribution is -0.137. The topological polar surface area (TPSA) is 78.4 Å². The molecule has 1 aliphatic rings. The summed E-state index contributed by atoms with van der Waals surface area (Å²) in [6.07, 6.45) is 2.01. The van der Waals surface area contributed by atoms with Crippen LogP contribution >= 0.6 is 0 Å². The Morgan fingerprint density at radius 2 is 2.10 bits per heavy atom. The second-order valence-corrected chi connectivity index (χ2v) is 5.26. The summed E-state index contributed by atoms with van der Waals surface area (Å²) in [5.41, 5.74) is 1.71. The van der Waals surface area contributed by atoms with E-state index in [2.05, 4.69) is 10.6 Å². The van der Waals surface area contributed by atoms with Crippen LogP contribution in [0.2, 0.25) is 0 Å². The molecule has 0 radical (unpaired) electrons. The van der Waals surface area contributed by atoms with Crippen LogP contribution in [-0.2, 0) is 9.59 Å². The molecule has 1 aromatic carbocycles. The van der Waals surface area contributed by atoms with Crippen molar-refractivity contribution in [2.75, 3.05) is 11.9 Å². The molecule has 2 rings (SSSR count). The first kappa shape index (κ1) is 14.5. The number of hydrogen-bond donors (Lipinski definition) is 3. The number of rotatable bonds is 5. The van der Waals surface area contributed by atoms with Gasteiger partial charge in [0.25, 0.3) is 0 Å². The molecule has 5 heteroatoms. The average molecular weight is 276 g/mol. The Labute approximate surface area is 118 Å². The SMILES string of the molecule is CC(CC(=O)O)c1ccc(NC(=O)[C@H]2CCCN2)cc1. The Bertz CT molecular complexity index is 478. The summed E-state index contributed by atoms with van der Waals surface area (Å²) in [5.74, 6) is -0.843. The predicted molar refractivity (Wildman–Crippen MR) is 76.8 cm³/mol. The first-order valence-corrected chi connectivity index (χ1v) is 6.92. The van der Waals surface area contributed by atoms with Gasteiger partial charge in [-0.1, -0.05) is 19.1 Å². The van der Waals surface area contributed by atoms with E-state index in [1.54, 1.807) is 0 Å². The largest absolute Gasteiger partial charge is 0.481 e. The Balaban J connectivity index is 1.94. The van der Waals surface area contributed by atoms with E-state index in [1.165, 1.54) is 0 Å². The minimum absolute atomic E-state index is 0.00571. The molecular weight excluding hydrogens is 256 g/mol. The minimum atomic E-state index is -0.804. The zero-order chi connectivity index (χ0) is 14.5. The highest BCUT2D eigenvalue weighted by Gasteiger charge is 2.21. The molecule has 1 saturated heterocycles. The lowest BCUT2D eigenvalue weighted by Gasteiger charge is -2.13. The number of anilines is 1. The van der Waals surface area contributed by atoms with Crippen LogP contribution in [-0.4, -0.2) is 29.6 Å². The maximum Gasteiger partial charge on any atom is 0.303 e. The van der Waals surface area contributed by atoms with E-state index in [9.17, 15) is 9.59 Å². The molecule has 108 valence electrons. The number of hydrogen-bond acceptors (Lipinski definition) is 3. The molecule has 5 nitrogen and oxygen atoms in total. The molecule has 3 N–H and O–H groups in total. The molecule has 1 aliphatic heterocycles. The van der Waals surface area contributed by atoms with E-state index in [0.717, 1.165) is 30.6 Å². The molecule has 1 unspecified atom stereocenters. The number of aliphatic carboxylic acids is 1. The maximum absolute atomic E-state index is 11.9. The summed E-state index contributed by atoms with van der Waals surface area (Å²) < 4.78 is 0. The fourth-order valence-electron chi connectivity index (χ4n) is 2.41. The van der Waals surface area contributed by atoms with Gasteiger partial charge in [0.15, 0.2) is 0 Å². The number of amides is 1. The van der Waals surface area contributed by atoms with Crippen molar-refractivity contribution >= 4 is 17.6 Å². The van der Waals surface area contributed by atoms with E-state index < -0.39 is 5.97 Å². The molecule has 0 aliphatic carbocycles. The van der Waals surface area contributed by atoms with Crippen LogP contribution in [0.5, 0.6) is 0 Å². The number of benzene rings is 1. The van der Waals surface area contributed by atoms with Crippen LogP contribution in [0, 0.1) is 0 Å². The fraction of sp³-hybridized carbons (Fsp3) is 0.467. The highest BCUT2D eigenvalue weighted by molar-refractivity contribution is 5.95. The van der Waals surface area contributed by atoms with Crippen LogP contribution in [0.1, 0.15) is 37.7 Å². The highest BCUT2D eigenvalue weighted by atomic mass is 16.4. The van der Waals surface area contributed by atoms with E-state index in [-0.39, 0.29) is 24.3 Å². The second kappa shape index (κ2) is 6.52. The van der Waals surface area contributed by atoms with Gasteiger partial charge >= 0.3 is 5.97 Å². The predicted octanol–water partition coefficient (Wildman–Crippen LogP) is 1.96. The molecular formula is C15H20N2O3. The maximum atomic E-state index is 11.9. The van der Waals surface area contributed by atoms with Gasteiger partial charge in [0.1, 0.15) is 0 Å². The zero-order valence-electron chi connectivity index (χ0n) is 11.6. The third kappa shape index (κ3) is 3.81. The summed E-state index contributed by atoms with van der Waals surface area (Å²) in [4.78, 5) is 22.6. The third-order valence-electron chi connectivity index (χ3n) is 3.60. The third-order valence-corrected chi connectivity index (χ3v) is 3.60. The number of nitrogens with one attached hydrogen (secondary N) is 2. The van der Waals surface area contributed by atoms with E-state index in [0.29, 0.717) is 0 Å². The average Bonchev–Trinajstić information content (AvgIpc) is 2.92. The van der Waals surface area contributed by atoms with Crippen molar-refractivity contribution in [2.45, 2.75) is 38.1 Å². The normalized spacial score (nSPS) is 19.6. The monoisotopic (exact) mass is 276 g/mol. The molecule has 0 spiro atoms. The lowest BCUT2D eigenvalue weighted by atomic mass is 9.98. The van der Waals surface area contributed by atoms with Crippen LogP contribution in [0.25, 0.3) is 0 Å². The van der Waals surface area contributed by atoms with Gasteiger partial charge in [-0.25, -0.2) is 0 Å². The quantitative estimate of drug-likeness (QED) is 0.768. The van der Waals surface area contributed by atoms with Crippen LogP contribution in [0.4, 0.5) is 5.69 Å². The second-order valence-electron chi connectivity index (χ2n) is 5.26. The fourth-order valence-corrected chi connectivity index (χ4v) is 2.41. The van der Waals surface area contributed by atoms with Crippen LogP contribution in [0.15, 0.2) is 24.3 Å². The van der Waals surface area contributed by atoms with Gasteiger partial charge in [-0.05, 0) is 43.0 Å². The van der Waals surface area contributed by atoms with Gasteiger partial charge < -0.3 is 15.7 Å². The van der Waals surface area contributed by atoms with Crippen molar-refractivity contribution < 1.29 is 14.7 Å². The van der Waals surface area contributed by atoms with Crippen molar-refractivity contribution in [3.63, 3.8) is 0 Å². The standard InChI is InChI=1S/C15H20N2O3/c1-10(9-14(18)19)11-4-6-12(7-5-11)17-15(20)13-3-2-8-16-13/h4-7,10,13,16H,2-3,8-9H2,1H3,(H,17,20)(H,18,19)/t10?,13-/m1/s1. The number of carboxylic acids is 1. The van der Waals surface area contributed by atoms with Crippen molar-refractivity contribution in [3.05, 3.63) is 29.8 Å². The van der Waals surface area contributed by atoms with E-state index >= 15 is 0 Å². The lowest BCUT2D eigenvalue weighted by Crippen LogP contribution is -2.35. The molecule has 1 fully saturated rings. The van der Waals surface area contributed by atoms with Crippen LogP contribution in [0.3, 0.4) is 0 Å². The Morgan fingerprint density at radius 1 is 1.40 bits per heavy atom. The number of carbonyl (C=O) groups excluding carboxylic acids is 1. The minimum Gasteiger partial charge on any atom is -0.481 e. The van der Waals surface area contributed by atoms with E-state index in [1.807, 2.05) is 31.2 Å². The summed E-state index contributed by atoms with van der Waals surface area (Å²) in [5, 5.41) is 14.8. The van der Waals surface area contributed by atoms with Crippen molar-refractivity contribution in [1.29, 1.82) is 0 Å². The van der Waals surface area contributed by atoms with Crippen molar-refractivity contribution in [2.24, 2.45) is 0 Å². The van der Waals surface area contributed by atoms with Gasteiger partial charge in [0.2, 0.25) is 5.91 Å². The zero-order valence-corrected chi connectivity index (χ0v) is 11.6.